The second-order valence-electron chi connectivity index (χ2n) is 4.30. The Balaban J connectivity index is 3.00. The number of halogens is 2. The molecule has 7 heteroatoms. The molecule has 21 heavy (non-hydrogen) atoms. The molecule has 1 heterocycles. The zero-order valence-electron chi connectivity index (χ0n) is 10.8. The van der Waals surface area contributed by atoms with Gasteiger partial charge in [0.1, 0.15) is 29.1 Å². The summed E-state index contributed by atoms with van der Waals surface area (Å²) in [6.07, 6.45) is 0. The maximum atomic E-state index is 11.9. The minimum atomic E-state index is -0.673. The molecule has 0 atom stereocenters. The quantitative estimate of drug-likeness (QED) is 0.842. The number of hydrogen-bond acceptors (Lipinski definition) is 4. The fourth-order valence-electron chi connectivity index (χ4n) is 1.96. The Morgan fingerprint density at radius 1 is 1.14 bits per heavy atom. The standard InChI is InChI=1S/C14H8Cl2N4O/c1-6-2-7(11(16)3-10(6)15)12-8(4-17)13(19)20-14(21)9(12)5-18/h2-3H,1H3,(H3,19,20,21). The highest BCUT2D eigenvalue weighted by molar-refractivity contribution is 6.37. The van der Waals surface area contributed by atoms with Gasteiger partial charge < -0.3 is 10.7 Å². The van der Waals surface area contributed by atoms with E-state index in [1.165, 1.54) is 6.07 Å². The number of nitriles is 2. The number of pyridine rings is 1. The molecule has 0 amide bonds. The maximum Gasteiger partial charge on any atom is 0.268 e. The average Bonchev–Trinajstić information content (AvgIpc) is 2.42. The second kappa shape index (κ2) is 5.49. The van der Waals surface area contributed by atoms with E-state index >= 15 is 0 Å². The van der Waals surface area contributed by atoms with E-state index in [0.717, 1.165) is 0 Å². The number of nitrogen functional groups attached to an aromatic ring is 1. The van der Waals surface area contributed by atoms with Crippen LogP contribution in [0.2, 0.25) is 10.0 Å². The van der Waals surface area contributed by atoms with Gasteiger partial charge in [-0.1, -0.05) is 23.2 Å². The second-order valence-corrected chi connectivity index (χ2v) is 5.11. The molecule has 104 valence electrons. The summed E-state index contributed by atoms with van der Waals surface area (Å²) in [6.45, 7) is 1.75. The van der Waals surface area contributed by atoms with Gasteiger partial charge in [0.05, 0.1) is 0 Å². The van der Waals surface area contributed by atoms with Crippen molar-refractivity contribution in [3.05, 3.63) is 49.2 Å². The first-order valence-corrected chi connectivity index (χ1v) is 6.48. The van der Waals surface area contributed by atoms with Crippen LogP contribution >= 0.6 is 23.2 Å². The van der Waals surface area contributed by atoms with Gasteiger partial charge in [-0.15, -0.1) is 0 Å². The first kappa shape index (κ1) is 14.9. The minimum Gasteiger partial charge on any atom is -0.384 e. The van der Waals surface area contributed by atoms with Crippen LogP contribution in [0.5, 0.6) is 0 Å². The third kappa shape index (κ3) is 2.45. The van der Waals surface area contributed by atoms with Crippen LogP contribution in [0.15, 0.2) is 16.9 Å². The molecule has 0 aliphatic heterocycles. The van der Waals surface area contributed by atoms with Gasteiger partial charge in [0, 0.05) is 21.2 Å². The zero-order chi connectivity index (χ0) is 15.7. The SMILES string of the molecule is Cc1cc(-c2c(C#N)c(N)[nH]c(=O)c2C#N)c(Cl)cc1Cl. The minimum absolute atomic E-state index is 0.00484. The lowest BCUT2D eigenvalue weighted by Crippen LogP contribution is -2.16. The molecule has 0 radical (unpaired) electrons. The number of benzene rings is 1. The van der Waals surface area contributed by atoms with Gasteiger partial charge >= 0.3 is 0 Å². The van der Waals surface area contributed by atoms with Crippen LogP contribution in [0.1, 0.15) is 16.7 Å². The number of H-pyrrole nitrogens is 1. The van der Waals surface area contributed by atoms with Crippen LogP contribution in [0, 0.1) is 29.6 Å². The van der Waals surface area contributed by atoms with Gasteiger partial charge in [0.2, 0.25) is 0 Å². The Bertz CT molecular complexity index is 888. The van der Waals surface area contributed by atoms with Gasteiger partial charge in [-0.2, -0.15) is 10.5 Å². The summed E-state index contributed by atoms with van der Waals surface area (Å²) in [7, 11) is 0. The number of nitrogens with zero attached hydrogens (tertiary/aromatic N) is 2. The summed E-state index contributed by atoms with van der Waals surface area (Å²) < 4.78 is 0. The first-order valence-electron chi connectivity index (χ1n) is 5.72. The summed E-state index contributed by atoms with van der Waals surface area (Å²) in [4.78, 5) is 14.1. The van der Waals surface area contributed by atoms with Crippen molar-refractivity contribution >= 4 is 29.0 Å². The molecule has 2 rings (SSSR count). The lowest BCUT2D eigenvalue weighted by Gasteiger charge is -2.12. The molecule has 0 saturated carbocycles. The Morgan fingerprint density at radius 2 is 1.76 bits per heavy atom. The maximum absolute atomic E-state index is 11.9. The number of nitrogens with one attached hydrogen (secondary N) is 1. The number of hydrogen-bond donors (Lipinski definition) is 2. The molecule has 0 fully saturated rings. The molecule has 0 bridgehead atoms. The van der Waals surface area contributed by atoms with Crippen LogP contribution < -0.4 is 11.3 Å². The lowest BCUT2D eigenvalue weighted by atomic mass is 9.95. The highest BCUT2D eigenvalue weighted by Gasteiger charge is 2.20. The molecule has 0 saturated heterocycles. The third-order valence-corrected chi connectivity index (χ3v) is 3.71. The highest BCUT2D eigenvalue weighted by atomic mass is 35.5. The van der Waals surface area contributed by atoms with Crippen molar-refractivity contribution in [3.63, 3.8) is 0 Å². The van der Waals surface area contributed by atoms with E-state index < -0.39 is 5.56 Å². The summed E-state index contributed by atoms with van der Waals surface area (Å²) in [6, 6.07) is 6.78. The molecule has 1 aromatic carbocycles. The smallest absolute Gasteiger partial charge is 0.268 e. The van der Waals surface area contributed by atoms with Crippen LogP contribution in [0.25, 0.3) is 11.1 Å². The molecule has 3 N–H and O–H groups in total. The molecular formula is C14H8Cl2N4O. The zero-order valence-corrected chi connectivity index (χ0v) is 12.3. The van der Waals surface area contributed by atoms with Crippen molar-refractivity contribution < 1.29 is 0 Å². The molecule has 2 aromatic rings. The fourth-order valence-corrected chi connectivity index (χ4v) is 2.44. The van der Waals surface area contributed by atoms with Gasteiger partial charge in [-0.3, -0.25) is 4.79 Å². The summed E-state index contributed by atoms with van der Waals surface area (Å²) in [5, 5.41) is 19.1. The van der Waals surface area contributed by atoms with Crippen molar-refractivity contribution in [2.75, 3.05) is 5.73 Å². The topological polar surface area (TPSA) is 106 Å². The van der Waals surface area contributed by atoms with Crippen molar-refractivity contribution in [1.82, 2.24) is 4.98 Å². The largest absolute Gasteiger partial charge is 0.384 e. The Morgan fingerprint density at radius 3 is 2.33 bits per heavy atom. The van der Waals surface area contributed by atoms with Gasteiger partial charge in [-0.25, -0.2) is 0 Å². The van der Waals surface area contributed by atoms with E-state index in [0.29, 0.717) is 16.1 Å². The predicted molar refractivity (Wildman–Crippen MR) is 81.1 cm³/mol. The van der Waals surface area contributed by atoms with Gasteiger partial charge in [0.25, 0.3) is 5.56 Å². The van der Waals surface area contributed by atoms with E-state index in [4.69, 9.17) is 28.9 Å². The van der Waals surface area contributed by atoms with Crippen molar-refractivity contribution in [2.24, 2.45) is 0 Å². The molecule has 0 aliphatic rings. The van der Waals surface area contributed by atoms with E-state index in [-0.39, 0.29) is 27.5 Å². The van der Waals surface area contributed by atoms with Crippen LogP contribution in [0.4, 0.5) is 5.82 Å². The average molecular weight is 319 g/mol. The lowest BCUT2D eigenvalue weighted by molar-refractivity contribution is 1.21. The highest BCUT2D eigenvalue weighted by Crippen LogP contribution is 2.36. The molecule has 5 nitrogen and oxygen atoms in total. The summed E-state index contributed by atoms with van der Waals surface area (Å²) >= 11 is 12.1. The summed E-state index contributed by atoms with van der Waals surface area (Å²) in [5.74, 6) is -0.111. The molecule has 0 unspecified atom stereocenters. The number of nitrogens with two attached hydrogens (primary N) is 1. The van der Waals surface area contributed by atoms with Crippen molar-refractivity contribution in [2.45, 2.75) is 6.92 Å². The normalized spacial score (nSPS) is 9.95. The van der Waals surface area contributed by atoms with Crippen molar-refractivity contribution in [3.8, 4) is 23.3 Å². The van der Waals surface area contributed by atoms with Crippen LogP contribution in [-0.2, 0) is 0 Å². The Labute approximate surface area is 130 Å². The fraction of sp³-hybridized carbons (Fsp3) is 0.0714. The molecular weight excluding hydrogens is 311 g/mol. The van der Waals surface area contributed by atoms with E-state index in [1.807, 2.05) is 6.07 Å². The Kier molecular flexibility index (Phi) is 3.90. The molecule has 0 aliphatic carbocycles. The van der Waals surface area contributed by atoms with E-state index in [1.54, 1.807) is 19.1 Å². The number of anilines is 1. The monoisotopic (exact) mass is 318 g/mol. The number of aromatic amines is 1. The Hall–Kier alpha value is -2.47. The van der Waals surface area contributed by atoms with E-state index in [2.05, 4.69) is 4.98 Å². The molecule has 1 aromatic heterocycles. The van der Waals surface area contributed by atoms with E-state index in [9.17, 15) is 15.3 Å². The number of aromatic nitrogens is 1. The van der Waals surface area contributed by atoms with Crippen LogP contribution in [0.3, 0.4) is 0 Å². The third-order valence-electron chi connectivity index (χ3n) is 2.99. The van der Waals surface area contributed by atoms with Gasteiger partial charge in [-0.05, 0) is 24.6 Å². The van der Waals surface area contributed by atoms with Crippen LogP contribution in [-0.4, -0.2) is 4.98 Å². The van der Waals surface area contributed by atoms with Gasteiger partial charge in [0.15, 0.2) is 0 Å². The van der Waals surface area contributed by atoms with Crippen molar-refractivity contribution in [1.29, 1.82) is 10.5 Å². The predicted octanol–water partition coefficient (Wildman–Crippen LogP) is 2.98. The first-order chi connectivity index (χ1) is 9.90. The number of aryl methyl sites for hydroxylation is 1. The summed E-state index contributed by atoms with van der Waals surface area (Å²) in [5.41, 5.74) is 5.94. The number of rotatable bonds is 1. The molecule has 0 spiro atoms.